The van der Waals surface area contributed by atoms with Crippen molar-refractivity contribution in [3.05, 3.63) is 27.7 Å². The van der Waals surface area contributed by atoms with Crippen LogP contribution in [0.2, 0.25) is 10.0 Å². The number of hydrogen-bond donors (Lipinski definition) is 1. The molecule has 2 N–H and O–H groups in total. The van der Waals surface area contributed by atoms with Crippen LogP contribution in [-0.2, 0) is 10.0 Å². The first-order valence-corrected chi connectivity index (χ1v) is 7.47. The standard InChI is InChI=1S/C10H9Cl2F3N2O3S/c1-17(4-10(13,14)15)9(18)6-2-5(11)3-7(8(6)12)21(16,19)20/h2-3H,4H2,1H3,(H2,16,19,20). The third-order valence-electron chi connectivity index (χ3n) is 2.30. The molecule has 0 unspecified atom stereocenters. The van der Waals surface area contributed by atoms with Crippen LogP contribution in [0.25, 0.3) is 0 Å². The molecule has 0 radical (unpaired) electrons. The summed E-state index contributed by atoms with van der Waals surface area (Å²) in [6, 6.07) is 1.87. The number of sulfonamides is 1. The van der Waals surface area contributed by atoms with E-state index in [1.165, 1.54) is 0 Å². The number of hydrogen-bond acceptors (Lipinski definition) is 3. The van der Waals surface area contributed by atoms with Crippen molar-refractivity contribution in [1.82, 2.24) is 4.90 Å². The van der Waals surface area contributed by atoms with Crippen LogP contribution in [0.15, 0.2) is 17.0 Å². The fraction of sp³-hybridized carbons (Fsp3) is 0.300. The predicted molar refractivity (Wildman–Crippen MR) is 70.9 cm³/mol. The highest BCUT2D eigenvalue weighted by atomic mass is 35.5. The van der Waals surface area contributed by atoms with Crippen LogP contribution < -0.4 is 5.14 Å². The van der Waals surface area contributed by atoms with Crippen LogP contribution in [0.5, 0.6) is 0 Å². The minimum atomic E-state index is -4.61. The van der Waals surface area contributed by atoms with Crippen molar-refractivity contribution in [2.45, 2.75) is 11.1 Å². The lowest BCUT2D eigenvalue weighted by molar-refractivity contribution is -0.138. The lowest BCUT2D eigenvalue weighted by Crippen LogP contribution is -2.36. The molecule has 0 saturated heterocycles. The molecule has 0 heterocycles. The van der Waals surface area contributed by atoms with Gasteiger partial charge in [-0.2, -0.15) is 13.2 Å². The molecule has 0 fully saturated rings. The van der Waals surface area contributed by atoms with E-state index in [2.05, 4.69) is 0 Å². The number of benzene rings is 1. The minimum Gasteiger partial charge on any atom is -0.333 e. The zero-order chi connectivity index (χ0) is 16.6. The van der Waals surface area contributed by atoms with Crippen molar-refractivity contribution in [2.75, 3.05) is 13.6 Å². The molecule has 0 atom stereocenters. The zero-order valence-electron chi connectivity index (χ0n) is 10.4. The Morgan fingerprint density at radius 3 is 2.29 bits per heavy atom. The lowest BCUT2D eigenvalue weighted by atomic mass is 10.2. The van der Waals surface area contributed by atoms with Crippen molar-refractivity contribution >= 4 is 39.1 Å². The Bertz CT molecular complexity index is 677. The third-order valence-corrected chi connectivity index (χ3v) is 3.98. The van der Waals surface area contributed by atoms with Crippen LogP contribution in [0.3, 0.4) is 0 Å². The van der Waals surface area contributed by atoms with Crippen LogP contribution in [-0.4, -0.2) is 39.0 Å². The number of nitrogens with two attached hydrogens (primary N) is 1. The highest BCUT2D eigenvalue weighted by Crippen LogP contribution is 2.30. The average Bonchev–Trinajstić information content (AvgIpc) is 2.27. The molecule has 1 aromatic carbocycles. The molecule has 21 heavy (non-hydrogen) atoms. The van der Waals surface area contributed by atoms with Crippen LogP contribution in [0.4, 0.5) is 13.2 Å². The Hall–Kier alpha value is -1.03. The highest BCUT2D eigenvalue weighted by molar-refractivity contribution is 7.89. The third kappa shape index (κ3) is 4.73. The molecule has 0 aliphatic heterocycles. The smallest absolute Gasteiger partial charge is 0.333 e. The summed E-state index contributed by atoms with van der Waals surface area (Å²) in [5.41, 5.74) is -0.486. The van der Waals surface area contributed by atoms with Gasteiger partial charge in [-0.25, -0.2) is 13.6 Å². The van der Waals surface area contributed by atoms with Crippen LogP contribution >= 0.6 is 23.2 Å². The molecular weight excluding hydrogens is 356 g/mol. The van der Waals surface area contributed by atoms with E-state index in [1.54, 1.807) is 0 Å². The summed E-state index contributed by atoms with van der Waals surface area (Å²) < 4.78 is 59.4. The van der Waals surface area contributed by atoms with Crippen molar-refractivity contribution < 1.29 is 26.4 Å². The van der Waals surface area contributed by atoms with E-state index in [0.717, 1.165) is 19.2 Å². The number of carbonyl (C=O) groups excluding carboxylic acids is 1. The maximum absolute atomic E-state index is 12.3. The van der Waals surface area contributed by atoms with Crippen molar-refractivity contribution in [3.8, 4) is 0 Å². The van der Waals surface area contributed by atoms with E-state index in [9.17, 15) is 26.4 Å². The van der Waals surface area contributed by atoms with Gasteiger partial charge in [-0.05, 0) is 12.1 Å². The quantitative estimate of drug-likeness (QED) is 0.893. The molecule has 0 aliphatic carbocycles. The molecule has 5 nitrogen and oxygen atoms in total. The molecule has 0 saturated carbocycles. The van der Waals surface area contributed by atoms with E-state index in [1.807, 2.05) is 0 Å². The first-order valence-electron chi connectivity index (χ1n) is 5.17. The van der Waals surface area contributed by atoms with Gasteiger partial charge < -0.3 is 4.90 Å². The van der Waals surface area contributed by atoms with Gasteiger partial charge in [0.05, 0.1) is 10.6 Å². The molecule has 1 aromatic rings. The van der Waals surface area contributed by atoms with E-state index >= 15 is 0 Å². The Morgan fingerprint density at radius 2 is 1.86 bits per heavy atom. The number of nitrogens with zero attached hydrogens (tertiary/aromatic N) is 1. The SMILES string of the molecule is CN(CC(F)(F)F)C(=O)c1cc(Cl)cc(S(N)(=O)=O)c1Cl. The summed E-state index contributed by atoms with van der Waals surface area (Å²) in [4.78, 5) is 11.6. The molecule has 1 amide bonds. The molecule has 1 rings (SSSR count). The average molecular weight is 365 g/mol. The normalized spacial score (nSPS) is 12.3. The number of alkyl halides is 3. The fourth-order valence-electron chi connectivity index (χ4n) is 1.47. The fourth-order valence-corrected chi connectivity index (χ4v) is 2.92. The Kier molecular flexibility index (Phi) is 5.14. The maximum Gasteiger partial charge on any atom is 0.406 e. The lowest BCUT2D eigenvalue weighted by Gasteiger charge is -2.20. The van der Waals surface area contributed by atoms with Gasteiger partial charge in [-0.1, -0.05) is 23.2 Å². The van der Waals surface area contributed by atoms with E-state index in [0.29, 0.717) is 4.90 Å². The maximum atomic E-state index is 12.3. The summed E-state index contributed by atoms with van der Waals surface area (Å²) in [6.45, 7) is -1.53. The molecule has 0 aliphatic rings. The van der Waals surface area contributed by atoms with Crippen molar-refractivity contribution in [3.63, 3.8) is 0 Å². The first kappa shape index (κ1) is 18.0. The number of carbonyl (C=O) groups is 1. The van der Waals surface area contributed by atoms with E-state index in [-0.39, 0.29) is 5.02 Å². The zero-order valence-corrected chi connectivity index (χ0v) is 12.7. The van der Waals surface area contributed by atoms with Gasteiger partial charge >= 0.3 is 6.18 Å². The molecule has 11 heteroatoms. The van der Waals surface area contributed by atoms with Crippen LogP contribution in [0.1, 0.15) is 10.4 Å². The summed E-state index contributed by atoms with van der Waals surface area (Å²) in [6.07, 6.45) is -4.61. The van der Waals surface area contributed by atoms with Gasteiger partial charge in [0.15, 0.2) is 0 Å². The monoisotopic (exact) mass is 364 g/mol. The van der Waals surface area contributed by atoms with Gasteiger partial charge in [-0.3, -0.25) is 4.79 Å². The number of halogens is 5. The van der Waals surface area contributed by atoms with Gasteiger partial charge in [-0.15, -0.1) is 0 Å². The van der Waals surface area contributed by atoms with Gasteiger partial charge in [0, 0.05) is 12.1 Å². The predicted octanol–water partition coefficient (Wildman–Crippen LogP) is 2.28. The summed E-state index contributed by atoms with van der Waals surface area (Å²) >= 11 is 11.4. The molecule has 118 valence electrons. The molecule has 0 aromatic heterocycles. The molecule has 0 bridgehead atoms. The Labute approximate surface area is 128 Å². The number of amides is 1. The van der Waals surface area contributed by atoms with E-state index in [4.69, 9.17) is 28.3 Å². The second-order valence-corrected chi connectivity index (χ2v) is 6.43. The van der Waals surface area contributed by atoms with Gasteiger partial charge in [0.25, 0.3) is 5.91 Å². The number of primary sulfonamides is 1. The van der Waals surface area contributed by atoms with Crippen LogP contribution in [0, 0.1) is 0 Å². The Balaban J connectivity index is 3.32. The molecular formula is C10H9Cl2F3N2O3S. The van der Waals surface area contributed by atoms with E-state index < -0.39 is 44.1 Å². The van der Waals surface area contributed by atoms with Crippen molar-refractivity contribution in [1.29, 1.82) is 0 Å². The molecule has 0 spiro atoms. The van der Waals surface area contributed by atoms with Gasteiger partial charge in [0.2, 0.25) is 10.0 Å². The summed E-state index contributed by atoms with van der Waals surface area (Å²) in [7, 11) is -3.39. The summed E-state index contributed by atoms with van der Waals surface area (Å²) in [5, 5.41) is 4.11. The largest absolute Gasteiger partial charge is 0.406 e. The number of rotatable bonds is 3. The topological polar surface area (TPSA) is 80.5 Å². The minimum absolute atomic E-state index is 0.202. The van der Waals surface area contributed by atoms with Crippen molar-refractivity contribution in [2.24, 2.45) is 5.14 Å². The summed E-state index contributed by atoms with van der Waals surface area (Å²) in [5.74, 6) is -1.13. The highest BCUT2D eigenvalue weighted by Gasteiger charge is 2.32. The second kappa shape index (κ2) is 5.99. The first-order chi connectivity index (χ1) is 9.33. The van der Waals surface area contributed by atoms with Gasteiger partial charge in [0.1, 0.15) is 11.4 Å². The second-order valence-electron chi connectivity index (χ2n) is 4.09. The Morgan fingerprint density at radius 1 is 1.33 bits per heavy atom.